The Balaban J connectivity index is 2.65. The van der Waals surface area contributed by atoms with Crippen molar-refractivity contribution in [2.24, 2.45) is 0 Å². The summed E-state index contributed by atoms with van der Waals surface area (Å²) in [5, 5.41) is 2.58. The Labute approximate surface area is 89.9 Å². The fourth-order valence-electron chi connectivity index (χ4n) is 0.985. The van der Waals surface area contributed by atoms with Gasteiger partial charge in [0.25, 0.3) is 5.91 Å². The van der Waals surface area contributed by atoms with Crippen molar-refractivity contribution in [3.8, 4) is 0 Å². The van der Waals surface area contributed by atoms with Crippen LogP contribution in [0.1, 0.15) is 17.4 Å². The molecule has 0 saturated carbocycles. The number of rotatable bonds is 4. The van der Waals surface area contributed by atoms with E-state index in [1.165, 1.54) is 11.3 Å². The number of thiazole rings is 1. The number of aromatic nitrogens is 1. The Bertz CT molecular complexity index is 263. The zero-order valence-electron chi connectivity index (χ0n) is 7.36. The average Bonchev–Trinajstić information content (AvgIpc) is 2.65. The van der Waals surface area contributed by atoms with Crippen LogP contribution in [0.2, 0.25) is 0 Å². The van der Waals surface area contributed by atoms with Gasteiger partial charge < -0.3 is 4.90 Å². The summed E-state index contributed by atoms with van der Waals surface area (Å²) in [6.45, 7) is 3.42. The topological polar surface area (TPSA) is 33.2 Å². The van der Waals surface area contributed by atoms with Crippen LogP contribution in [0.15, 0.2) is 10.9 Å². The fourth-order valence-corrected chi connectivity index (χ4v) is 1.94. The Hall–Kier alpha value is -0.420. The third-order valence-electron chi connectivity index (χ3n) is 1.67. The van der Waals surface area contributed by atoms with Gasteiger partial charge in [-0.15, -0.1) is 11.3 Å². The predicted octanol–water partition coefficient (Wildman–Crippen LogP) is 2.00. The van der Waals surface area contributed by atoms with Gasteiger partial charge in [0.2, 0.25) is 0 Å². The number of nitrogens with zero attached hydrogens (tertiary/aromatic N) is 2. The highest BCUT2D eigenvalue weighted by atomic mass is 79.9. The van der Waals surface area contributed by atoms with Crippen LogP contribution in [0, 0.1) is 0 Å². The van der Waals surface area contributed by atoms with E-state index in [9.17, 15) is 4.79 Å². The van der Waals surface area contributed by atoms with Crippen LogP contribution in [-0.2, 0) is 0 Å². The largest absolute Gasteiger partial charge is 0.337 e. The van der Waals surface area contributed by atoms with Crippen LogP contribution in [0.4, 0.5) is 0 Å². The van der Waals surface area contributed by atoms with Gasteiger partial charge in [-0.1, -0.05) is 15.9 Å². The maximum atomic E-state index is 11.7. The second-order valence-electron chi connectivity index (χ2n) is 2.45. The van der Waals surface area contributed by atoms with Crippen LogP contribution < -0.4 is 0 Å². The molecule has 72 valence electrons. The highest BCUT2D eigenvalue weighted by Crippen LogP contribution is 2.05. The molecule has 3 nitrogen and oxygen atoms in total. The number of carbonyl (C=O) groups is 1. The van der Waals surface area contributed by atoms with Gasteiger partial charge >= 0.3 is 0 Å². The molecule has 0 bridgehead atoms. The summed E-state index contributed by atoms with van der Waals surface area (Å²) < 4.78 is 0. The lowest BCUT2D eigenvalue weighted by Gasteiger charge is -2.17. The number of carbonyl (C=O) groups excluding carboxylic acids is 1. The zero-order chi connectivity index (χ0) is 9.68. The molecule has 0 atom stereocenters. The van der Waals surface area contributed by atoms with Gasteiger partial charge in [0.1, 0.15) is 5.69 Å². The van der Waals surface area contributed by atoms with Crippen molar-refractivity contribution in [2.75, 3.05) is 18.4 Å². The molecular weight excluding hydrogens is 252 g/mol. The molecule has 1 amide bonds. The number of hydrogen-bond acceptors (Lipinski definition) is 3. The van der Waals surface area contributed by atoms with Crippen molar-refractivity contribution in [1.82, 2.24) is 9.88 Å². The monoisotopic (exact) mass is 262 g/mol. The Morgan fingerprint density at radius 3 is 3.00 bits per heavy atom. The minimum absolute atomic E-state index is 0.0169. The first-order valence-corrected chi connectivity index (χ1v) is 6.09. The van der Waals surface area contributed by atoms with Crippen molar-refractivity contribution >= 4 is 33.2 Å². The zero-order valence-corrected chi connectivity index (χ0v) is 9.77. The summed E-state index contributed by atoms with van der Waals surface area (Å²) in [6.07, 6.45) is 0. The number of hydrogen-bond donors (Lipinski definition) is 0. The number of alkyl halides is 1. The van der Waals surface area contributed by atoms with E-state index in [0.29, 0.717) is 5.69 Å². The summed E-state index contributed by atoms with van der Waals surface area (Å²) in [5.41, 5.74) is 2.22. The molecule has 0 radical (unpaired) electrons. The second-order valence-corrected chi connectivity index (χ2v) is 3.96. The van der Waals surface area contributed by atoms with E-state index in [-0.39, 0.29) is 5.91 Å². The molecule has 0 aliphatic rings. The molecule has 0 aliphatic carbocycles. The lowest BCUT2D eigenvalue weighted by Crippen LogP contribution is -2.32. The molecule has 0 spiro atoms. The summed E-state index contributed by atoms with van der Waals surface area (Å²) in [4.78, 5) is 17.4. The van der Waals surface area contributed by atoms with Gasteiger partial charge in [0, 0.05) is 23.8 Å². The van der Waals surface area contributed by atoms with Gasteiger partial charge in [0.15, 0.2) is 0 Å². The maximum absolute atomic E-state index is 11.7. The third-order valence-corrected chi connectivity index (χ3v) is 2.62. The molecule has 0 aliphatic heterocycles. The van der Waals surface area contributed by atoms with Gasteiger partial charge in [-0.25, -0.2) is 4.98 Å². The second kappa shape index (κ2) is 5.34. The van der Waals surface area contributed by atoms with Crippen molar-refractivity contribution < 1.29 is 4.79 Å². The van der Waals surface area contributed by atoms with Crippen molar-refractivity contribution in [3.63, 3.8) is 0 Å². The molecule has 1 aromatic rings. The SMILES string of the molecule is CCN(CCBr)C(=O)c1cscn1. The predicted molar refractivity (Wildman–Crippen MR) is 57.5 cm³/mol. The van der Waals surface area contributed by atoms with E-state index >= 15 is 0 Å². The molecule has 1 aromatic heterocycles. The molecule has 1 heterocycles. The summed E-state index contributed by atoms with van der Waals surface area (Å²) >= 11 is 4.75. The van der Waals surface area contributed by atoms with Crippen LogP contribution in [0.25, 0.3) is 0 Å². The van der Waals surface area contributed by atoms with Crippen LogP contribution in [-0.4, -0.2) is 34.2 Å². The van der Waals surface area contributed by atoms with E-state index in [1.54, 1.807) is 15.8 Å². The quantitative estimate of drug-likeness (QED) is 0.778. The normalized spacial score (nSPS) is 10.0. The molecule has 0 saturated heterocycles. The molecule has 1 rings (SSSR count). The summed E-state index contributed by atoms with van der Waals surface area (Å²) in [7, 11) is 0. The minimum atomic E-state index is 0.0169. The number of amides is 1. The van der Waals surface area contributed by atoms with Crippen LogP contribution in [0.3, 0.4) is 0 Å². The third kappa shape index (κ3) is 2.77. The van der Waals surface area contributed by atoms with Gasteiger partial charge in [-0.2, -0.15) is 0 Å². The molecule has 0 N–H and O–H groups in total. The molecule has 13 heavy (non-hydrogen) atoms. The minimum Gasteiger partial charge on any atom is -0.337 e. The van der Waals surface area contributed by atoms with E-state index in [2.05, 4.69) is 20.9 Å². The van der Waals surface area contributed by atoms with E-state index in [1.807, 2.05) is 6.92 Å². The lowest BCUT2D eigenvalue weighted by atomic mass is 10.4. The van der Waals surface area contributed by atoms with Gasteiger partial charge in [-0.3, -0.25) is 4.79 Å². The van der Waals surface area contributed by atoms with Gasteiger partial charge in [0.05, 0.1) is 5.51 Å². The standard InChI is InChI=1S/C8H11BrN2OS/c1-2-11(4-3-9)8(12)7-5-13-6-10-7/h5-6H,2-4H2,1H3. The fraction of sp³-hybridized carbons (Fsp3) is 0.500. The van der Waals surface area contributed by atoms with E-state index < -0.39 is 0 Å². The van der Waals surface area contributed by atoms with Crippen molar-refractivity contribution in [1.29, 1.82) is 0 Å². The smallest absolute Gasteiger partial charge is 0.273 e. The molecular formula is C8H11BrN2OS. The lowest BCUT2D eigenvalue weighted by molar-refractivity contribution is 0.0770. The van der Waals surface area contributed by atoms with Gasteiger partial charge in [-0.05, 0) is 6.92 Å². The maximum Gasteiger partial charge on any atom is 0.273 e. The van der Waals surface area contributed by atoms with E-state index in [0.717, 1.165) is 18.4 Å². The first-order valence-electron chi connectivity index (χ1n) is 4.03. The average molecular weight is 263 g/mol. The highest BCUT2D eigenvalue weighted by Gasteiger charge is 2.14. The first kappa shape index (κ1) is 10.7. The highest BCUT2D eigenvalue weighted by molar-refractivity contribution is 9.09. The Morgan fingerprint density at radius 2 is 2.54 bits per heavy atom. The molecule has 0 unspecified atom stereocenters. The molecule has 0 fully saturated rings. The van der Waals surface area contributed by atoms with Crippen molar-refractivity contribution in [2.45, 2.75) is 6.92 Å². The van der Waals surface area contributed by atoms with Crippen molar-refractivity contribution in [3.05, 3.63) is 16.6 Å². The molecule has 5 heteroatoms. The van der Waals surface area contributed by atoms with Crippen LogP contribution in [0.5, 0.6) is 0 Å². The Morgan fingerprint density at radius 1 is 1.77 bits per heavy atom. The summed E-state index contributed by atoms with van der Waals surface area (Å²) in [6, 6.07) is 0. The number of halogens is 1. The molecule has 0 aromatic carbocycles. The van der Waals surface area contributed by atoms with Crippen LogP contribution >= 0.6 is 27.3 Å². The Kier molecular flexibility index (Phi) is 4.38. The first-order chi connectivity index (χ1) is 6.29. The summed E-state index contributed by atoms with van der Waals surface area (Å²) in [5.74, 6) is 0.0169. The van der Waals surface area contributed by atoms with E-state index in [4.69, 9.17) is 0 Å².